The monoisotopic (exact) mass is 781 g/mol. The number of unbranched alkanes of at least 4 members (excludes halogenated alkanes) is 17. The van der Waals surface area contributed by atoms with Crippen LogP contribution in [0.4, 0.5) is 0 Å². The second-order valence-electron chi connectivity index (χ2n) is 14.9. The molecule has 320 valence electrons. The molecule has 0 heterocycles. The molecule has 0 fully saturated rings. The van der Waals surface area contributed by atoms with Crippen LogP contribution in [0.15, 0.2) is 72.9 Å². The van der Waals surface area contributed by atoms with Gasteiger partial charge in [0.25, 0.3) is 0 Å². The van der Waals surface area contributed by atoms with Gasteiger partial charge in [-0.05, 0) is 77.0 Å². The molecule has 0 rings (SSSR count). The van der Waals surface area contributed by atoms with Crippen LogP contribution in [0.25, 0.3) is 0 Å². The lowest BCUT2D eigenvalue weighted by Gasteiger charge is -2.18. The molecule has 0 aliphatic heterocycles. The van der Waals surface area contributed by atoms with Gasteiger partial charge >= 0.3 is 17.9 Å². The van der Waals surface area contributed by atoms with Gasteiger partial charge in [0.15, 0.2) is 6.10 Å². The first-order valence-corrected chi connectivity index (χ1v) is 22.9. The van der Waals surface area contributed by atoms with Crippen LogP contribution in [0.3, 0.4) is 0 Å². The van der Waals surface area contributed by atoms with E-state index in [4.69, 9.17) is 14.2 Å². The molecule has 1 unspecified atom stereocenters. The second kappa shape index (κ2) is 44.6. The molecule has 6 nitrogen and oxygen atoms in total. The number of hydrogen-bond acceptors (Lipinski definition) is 6. The molecule has 6 heteroatoms. The Morgan fingerprint density at radius 1 is 0.375 bits per heavy atom. The highest BCUT2D eigenvalue weighted by atomic mass is 16.6. The van der Waals surface area contributed by atoms with Gasteiger partial charge in [0.1, 0.15) is 13.2 Å². The number of hydrogen-bond donors (Lipinski definition) is 0. The molecule has 0 aromatic carbocycles. The first-order valence-electron chi connectivity index (χ1n) is 22.9. The van der Waals surface area contributed by atoms with Crippen molar-refractivity contribution in [1.82, 2.24) is 0 Å². The molecule has 0 bridgehead atoms. The SMILES string of the molecule is CC/C=C\C/C=C\C/C=C\C/C=C\C/C=C\CCCC(=O)OCC(COC(=O)CCCCCCCCCCCC)OC(=O)CCCCCCC/C=C\CCCC. The molecule has 56 heavy (non-hydrogen) atoms. The van der Waals surface area contributed by atoms with Crippen molar-refractivity contribution in [2.45, 2.75) is 213 Å². The van der Waals surface area contributed by atoms with E-state index in [1.54, 1.807) is 0 Å². The third-order valence-corrected chi connectivity index (χ3v) is 9.45. The van der Waals surface area contributed by atoms with Crippen molar-refractivity contribution in [3.63, 3.8) is 0 Å². The molecular weight excluding hydrogens is 697 g/mol. The fourth-order valence-electron chi connectivity index (χ4n) is 5.99. The van der Waals surface area contributed by atoms with Gasteiger partial charge in [0, 0.05) is 19.3 Å². The smallest absolute Gasteiger partial charge is 0.306 e. The van der Waals surface area contributed by atoms with Crippen LogP contribution >= 0.6 is 0 Å². The summed E-state index contributed by atoms with van der Waals surface area (Å²) >= 11 is 0. The van der Waals surface area contributed by atoms with Gasteiger partial charge in [0.05, 0.1) is 0 Å². The Bertz CT molecular complexity index is 1080. The standard InChI is InChI=1S/C50H84O6/c1-4-7-10-13-16-19-22-23-24-25-26-27-29-31-34-37-40-43-49(52)55-46-47(45-54-48(51)42-39-36-33-30-21-18-15-12-9-6-3)56-50(53)44-41-38-35-32-28-20-17-14-11-8-5-2/h7,10,14,16-17,19,23-24,26-27,31,34,47H,4-6,8-9,11-13,15,18,20-22,25,28-30,32-33,35-46H2,1-3H3/b10-7-,17-14-,19-16-,24-23-,27-26-,34-31-. The molecule has 0 radical (unpaired) electrons. The van der Waals surface area contributed by atoms with E-state index in [0.717, 1.165) is 89.9 Å². The zero-order chi connectivity index (χ0) is 40.8. The molecule has 1 atom stereocenters. The van der Waals surface area contributed by atoms with E-state index in [9.17, 15) is 14.4 Å². The predicted molar refractivity (Wildman–Crippen MR) is 238 cm³/mol. The van der Waals surface area contributed by atoms with E-state index in [1.807, 2.05) is 0 Å². The number of carbonyl (C=O) groups is 3. The van der Waals surface area contributed by atoms with E-state index in [0.29, 0.717) is 19.3 Å². The van der Waals surface area contributed by atoms with Crippen LogP contribution in [0.1, 0.15) is 207 Å². The average Bonchev–Trinajstić information content (AvgIpc) is 3.19. The molecule has 0 aromatic rings. The summed E-state index contributed by atoms with van der Waals surface area (Å²) in [6.45, 7) is 6.40. The van der Waals surface area contributed by atoms with Crippen LogP contribution in [-0.4, -0.2) is 37.2 Å². The molecule has 0 N–H and O–H groups in total. The van der Waals surface area contributed by atoms with Crippen molar-refractivity contribution in [1.29, 1.82) is 0 Å². The van der Waals surface area contributed by atoms with Gasteiger partial charge in [-0.25, -0.2) is 0 Å². The summed E-state index contributed by atoms with van der Waals surface area (Å²) in [5.74, 6) is -0.974. The molecule has 0 saturated carbocycles. The third kappa shape index (κ3) is 42.0. The van der Waals surface area contributed by atoms with Crippen molar-refractivity contribution >= 4 is 17.9 Å². The number of allylic oxidation sites excluding steroid dienone is 12. The van der Waals surface area contributed by atoms with Gasteiger partial charge in [-0.1, -0.05) is 184 Å². The summed E-state index contributed by atoms with van der Waals surface area (Å²) in [5, 5.41) is 0. The summed E-state index contributed by atoms with van der Waals surface area (Å²) < 4.78 is 16.6. The van der Waals surface area contributed by atoms with Crippen molar-refractivity contribution in [2.24, 2.45) is 0 Å². The molecule has 0 aliphatic rings. The fourth-order valence-corrected chi connectivity index (χ4v) is 5.99. The highest BCUT2D eigenvalue weighted by molar-refractivity contribution is 5.71. The Morgan fingerprint density at radius 2 is 0.732 bits per heavy atom. The van der Waals surface area contributed by atoms with E-state index < -0.39 is 6.10 Å². The van der Waals surface area contributed by atoms with Crippen LogP contribution in [0, 0.1) is 0 Å². The topological polar surface area (TPSA) is 78.9 Å². The summed E-state index contributed by atoms with van der Waals surface area (Å²) in [4.78, 5) is 37.7. The largest absolute Gasteiger partial charge is 0.462 e. The lowest BCUT2D eigenvalue weighted by molar-refractivity contribution is -0.167. The minimum absolute atomic E-state index is 0.0958. The van der Waals surface area contributed by atoms with Gasteiger partial charge in [0.2, 0.25) is 0 Å². The Labute approximate surface area is 344 Å². The van der Waals surface area contributed by atoms with E-state index in [1.165, 1.54) is 70.6 Å². The van der Waals surface area contributed by atoms with Crippen LogP contribution < -0.4 is 0 Å². The molecule has 0 amide bonds. The van der Waals surface area contributed by atoms with E-state index >= 15 is 0 Å². The molecule has 0 spiro atoms. The van der Waals surface area contributed by atoms with Crippen LogP contribution in [0.5, 0.6) is 0 Å². The zero-order valence-corrected chi connectivity index (χ0v) is 36.4. The lowest BCUT2D eigenvalue weighted by atomic mass is 10.1. The van der Waals surface area contributed by atoms with E-state index in [-0.39, 0.29) is 37.5 Å². The normalized spacial score (nSPS) is 12.7. The Morgan fingerprint density at radius 3 is 1.23 bits per heavy atom. The van der Waals surface area contributed by atoms with Crippen molar-refractivity contribution in [2.75, 3.05) is 13.2 Å². The maximum Gasteiger partial charge on any atom is 0.306 e. The first-order chi connectivity index (χ1) is 27.5. The second-order valence-corrected chi connectivity index (χ2v) is 14.9. The summed E-state index contributed by atoms with van der Waals surface area (Å²) in [6.07, 6.45) is 54.6. The maximum absolute atomic E-state index is 12.7. The lowest BCUT2D eigenvalue weighted by Crippen LogP contribution is -2.30. The fraction of sp³-hybridized carbons (Fsp3) is 0.700. The molecule has 0 aromatic heterocycles. The first kappa shape index (κ1) is 52.9. The number of carbonyl (C=O) groups excluding carboxylic acids is 3. The van der Waals surface area contributed by atoms with Gasteiger partial charge in [-0.15, -0.1) is 0 Å². The summed E-state index contributed by atoms with van der Waals surface area (Å²) in [5.41, 5.74) is 0. The highest BCUT2D eigenvalue weighted by Gasteiger charge is 2.19. The Kier molecular flexibility index (Phi) is 42.1. The summed E-state index contributed by atoms with van der Waals surface area (Å²) in [7, 11) is 0. The minimum atomic E-state index is -0.798. The minimum Gasteiger partial charge on any atom is -0.462 e. The van der Waals surface area contributed by atoms with Crippen molar-refractivity contribution in [3.8, 4) is 0 Å². The van der Waals surface area contributed by atoms with E-state index in [2.05, 4.69) is 93.7 Å². The molecular formula is C50H84O6. The Balaban J connectivity index is 4.46. The van der Waals surface area contributed by atoms with Gasteiger partial charge < -0.3 is 14.2 Å². The number of ether oxygens (including phenoxy) is 3. The predicted octanol–water partition coefficient (Wildman–Crippen LogP) is 14.7. The maximum atomic E-state index is 12.7. The zero-order valence-electron chi connectivity index (χ0n) is 36.4. The number of esters is 3. The average molecular weight is 781 g/mol. The van der Waals surface area contributed by atoms with Crippen molar-refractivity contribution in [3.05, 3.63) is 72.9 Å². The Hall–Kier alpha value is -3.15. The molecule has 0 saturated heterocycles. The quantitative estimate of drug-likeness (QED) is 0.0267. The third-order valence-electron chi connectivity index (χ3n) is 9.45. The number of rotatable bonds is 40. The van der Waals surface area contributed by atoms with Gasteiger partial charge in [-0.3, -0.25) is 14.4 Å². The van der Waals surface area contributed by atoms with Gasteiger partial charge in [-0.2, -0.15) is 0 Å². The van der Waals surface area contributed by atoms with Crippen LogP contribution in [0.2, 0.25) is 0 Å². The molecule has 0 aliphatic carbocycles. The highest BCUT2D eigenvalue weighted by Crippen LogP contribution is 2.13. The van der Waals surface area contributed by atoms with Crippen LogP contribution in [-0.2, 0) is 28.6 Å². The summed E-state index contributed by atoms with van der Waals surface area (Å²) in [6, 6.07) is 0. The van der Waals surface area contributed by atoms with Crippen molar-refractivity contribution < 1.29 is 28.6 Å².